The zero-order valence-electron chi connectivity index (χ0n) is 13.5. The van der Waals surface area contributed by atoms with Crippen molar-refractivity contribution in [3.8, 4) is 0 Å². The maximum Gasteiger partial charge on any atom is 0.255 e. The predicted molar refractivity (Wildman–Crippen MR) is 101 cm³/mol. The lowest BCUT2D eigenvalue weighted by molar-refractivity contribution is 0.102. The monoisotopic (exact) mass is 389 g/mol. The highest BCUT2D eigenvalue weighted by Gasteiger charge is 2.17. The van der Waals surface area contributed by atoms with Crippen molar-refractivity contribution in [2.24, 2.45) is 0 Å². The molecule has 2 aromatic rings. The van der Waals surface area contributed by atoms with E-state index in [1.807, 2.05) is 31.2 Å². The van der Waals surface area contributed by atoms with Crippen LogP contribution < -0.4 is 16.0 Å². The zero-order chi connectivity index (χ0) is 17.1. The Balaban J connectivity index is 1.86. The van der Waals surface area contributed by atoms with Crippen LogP contribution in [0.5, 0.6) is 0 Å². The van der Waals surface area contributed by atoms with Crippen LogP contribution in [0.25, 0.3) is 0 Å². The second kappa shape index (κ2) is 7.23. The lowest BCUT2D eigenvalue weighted by Gasteiger charge is -2.30. The molecule has 0 spiro atoms. The maximum absolute atomic E-state index is 12.5. The molecule has 0 atom stereocenters. The molecule has 1 aliphatic heterocycles. The molecule has 0 saturated carbocycles. The number of halogens is 1. The van der Waals surface area contributed by atoms with Gasteiger partial charge in [-0.05, 0) is 42.8 Å². The van der Waals surface area contributed by atoms with E-state index in [0.717, 1.165) is 40.2 Å². The van der Waals surface area contributed by atoms with Crippen molar-refractivity contribution in [1.29, 1.82) is 0 Å². The number of nitrogens with two attached hydrogens (primary N) is 1. The van der Waals surface area contributed by atoms with E-state index < -0.39 is 0 Å². The van der Waals surface area contributed by atoms with Crippen LogP contribution in [0.3, 0.4) is 0 Å². The Labute approximate surface area is 149 Å². The van der Waals surface area contributed by atoms with Gasteiger partial charge in [0.2, 0.25) is 0 Å². The first-order valence-electron chi connectivity index (χ1n) is 7.84. The van der Waals surface area contributed by atoms with Crippen LogP contribution >= 0.6 is 15.9 Å². The molecular weight excluding hydrogens is 370 g/mol. The van der Waals surface area contributed by atoms with Crippen LogP contribution in [0.4, 0.5) is 17.1 Å². The summed E-state index contributed by atoms with van der Waals surface area (Å²) < 4.78 is 6.27. The fourth-order valence-electron chi connectivity index (χ4n) is 2.76. The second-order valence-electron chi connectivity index (χ2n) is 5.79. The van der Waals surface area contributed by atoms with Gasteiger partial charge in [0, 0.05) is 28.8 Å². The highest BCUT2D eigenvalue weighted by atomic mass is 79.9. The lowest BCUT2D eigenvalue weighted by Crippen LogP contribution is -2.36. The summed E-state index contributed by atoms with van der Waals surface area (Å²) in [5, 5.41) is 2.99. The minimum absolute atomic E-state index is 0.142. The molecular formula is C18H20BrN3O2. The third-order valence-electron chi connectivity index (χ3n) is 4.06. The fraction of sp³-hybridized carbons (Fsp3) is 0.278. The molecule has 0 aliphatic carbocycles. The van der Waals surface area contributed by atoms with Crippen LogP contribution in [-0.4, -0.2) is 32.2 Å². The summed E-state index contributed by atoms with van der Waals surface area (Å²) in [4.78, 5) is 14.7. The Morgan fingerprint density at radius 3 is 2.71 bits per heavy atom. The van der Waals surface area contributed by atoms with E-state index in [4.69, 9.17) is 10.5 Å². The quantitative estimate of drug-likeness (QED) is 0.789. The first kappa shape index (κ1) is 16.8. The second-order valence-corrected chi connectivity index (χ2v) is 6.71. The number of nitrogen functional groups attached to an aromatic ring is 1. The summed E-state index contributed by atoms with van der Waals surface area (Å²) in [6, 6.07) is 11.2. The standard InChI is InChI=1S/C18H20BrN3O2/c1-12-9-15(20)17(22-5-7-24-8-6-22)11-16(12)21-18(23)13-3-2-4-14(19)10-13/h2-4,9-11H,5-8,20H2,1H3,(H,21,23). The number of hydrogen-bond acceptors (Lipinski definition) is 4. The van der Waals surface area contributed by atoms with Crippen molar-refractivity contribution in [2.45, 2.75) is 6.92 Å². The number of nitrogens with one attached hydrogen (secondary N) is 1. The van der Waals surface area contributed by atoms with E-state index in [9.17, 15) is 4.79 Å². The number of benzene rings is 2. The number of ether oxygens (including phenoxy) is 1. The molecule has 1 saturated heterocycles. The van der Waals surface area contributed by atoms with Crippen molar-refractivity contribution in [3.63, 3.8) is 0 Å². The molecule has 0 unspecified atom stereocenters. The van der Waals surface area contributed by atoms with Gasteiger partial charge in [0.25, 0.3) is 5.91 Å². The number of amides is 1. The Kier molecular flexibility index (Phi) is 5.06. The molecule has 24 heavy (non-hydrogen) atoms. The molecule has 0 aromatic heterocycles. The Bertz CT molecular complexity index is 758. The van der Waals surface area contributed by atoms with E-state index in [0.29, 0.717) is 18.8 Å². The minimum atomic E-state index is -0.142. The van der Waals surface area contributed by atoms with E-state index in [-0.39, 0.29) is 5.91 Å². The number of morpholine rings is 1. The van der Waals surface area contributed by atoms with Gasteiger partial charge in [0.15, 0.2) is 0 Å². The number of rotatable bonds is 3. The molecule has 0 radical (unpaired) electrons. The van der Waals surface area contributed by atoms with E-state index in [1.54, 1.807) is 12.1 Å². The van der Waals surface area contributed by atoms with Gasteiger partial charge in [-0.15, -0.1) is 0 Å². The molecule has 126 valence electrons. The molecule has 2 aromatic carbocycles. The largest absolute Gasteiger partial charge is 0.397 e. The highest BCUT2D eigenvalue weighted by molar-refractivity contribution is 9.10. The van der Waals surface area contributed by atoms with Gasteiger partial charge >= 0.3 is 0 Å². The van der Waals surface area contributed by atoms with Gasteiger partial charge in [-0.25, -0.2) is 0 Å². The molecule has 5 nitrogen and oxygen atoms in total. The summed E-state index contributed by atoms with van der Waals surface area (Å²) in [7, 11) is 0. The maximum atomic E-state index is 12.5. The summed E-state index contributed by atoms with van der Waals surface area (Å²) in [5.74, 6) is -0.142. The van der Waals surface area contributed by atoms with Gasteiger partial charge in [-0.1, -0.05) is 22.0 Å². The number of nitrogens with zero attached hydrogens (tertiary/aromatic N) is 1. The van der Waals surface area contributed by atoms with Gasteiger partial charge in [-0.3, -0.25) is 4.79 Å². The molecule has 1 amide bonds. The summed E-state index contributed by atoms with van der Waals surface area (Å²) >= 11 is 3.39. The average Bonchev–Trinajstić information content (AvgIpc) is 2.58. The zero-order valence-corrected chi connectivity index (χ0v) is 15.1. The van der Waals surface area contributed by atoms with Crippen molar-refractivity contribution >= 4 is 38.9 Å². The van der Waals surface area contributed by atoms with E-state index >= 15 is 0 Å². The van der Waals surface area contributed by atoms with Crippen LogP contribution in [0.2, 0.25) is 0 Å². The van der Waals surface area contributed by atoms with Crippen LogP contribution in [-0.2, 0) is 4.74 Å². The fourth-order valence-corrected chi connectivity index (χ4v) is 3.16. The summed E-state index contributed by atoms with van der Waals surface area (Å²) in [6.45, 7) is 4.91. The van der Waals surface area contributed by atoms with Crippen molar-refractivity contribution < 1.29 is 9.53 Å². The van der Waals surface area contributed by atoms with Crippen LogP contribution in [0.15, 0.2) is 40.9 Å². The smallest absolute Gasteiger partial charge is 0.255 e. The minimum Gasteiger partial charge on any atom is -0.397 e. The molecule has 6 heteroatoms. The number of carbonyl (C=O) groups excluding carboxylic acids is 1. The first-order chi connectivity index (χ1) is 11.5. The first-order valence-corrected chi connectivity index (χ1v) is 8.63. The normalized spacial score (nSPS) is 14.5. The highest BCUT2D eigenvalue weighted by Crippen LogP contribution is 2.31. The summed E-state index contributed by atoms with van der Waals surface area (Å²) in [5.41, 5.74) is 10.2. The molecule has 3 N–H and O–H groups in total. The predicted octanol–water partition coefficient (Wildman–Crippen LogP) is 3.43. The van der Waals surface area contributed by atoms with Crippen LogP contribution in [0.1, 0.15) is 15.9 Å². The Morgan fingerprint density at radius 2 is 2.00 bits per heavy atom. The Morgan fingerprint density at radius 1 is 1.25 bits per heavy atom. The van der Waals surface area contributed by atoms with Crippen LogP contribution in [0, 0.1) is 6.92 Å². The van der Waals surface area contributed by atoms with Gasteiger partial charge in [-0.2, -0.15) is 0 Å². The molecule has 1 heterocycles. The Hall–Kier alpha value is -2.05. The number of anilines is 3. The lowest BCUT2D eigenvalue weighted by atomic mass is 10.1. The summed E-state index contributed by atoms with van der Waals surface area (Å²) in [6.07, 6.45) is 0. The van der Waals surface area contributed by atoms with Crippen molar-refractivity contribution in [1.82, 2.24) is 0 Å². The van der Waals surface area contributed by atoms with E-state index in [2.05, 4.69) is 26.1 Å². The van der Waals surface area contributed by atoms with Gasteiger partial charge < -0.3 is 20.7 Å². The van der Waals surface area contributed by atoms with Crippen molar-refractivity contribution in [2.75, 3.05) is 42.3 Å². The number of aryl methyl sites for hydroxylation is 1. The third-order valence-corrected chi connectivity index (χ3v) is 4.55. The van der Waals surface area contributed by atoms with Gasteiger partial charge in [0.1, 0.15) is 0 Å². The van der Waals surface area contributed by atoms with Crippen molar-refractivity contribution in [3.05, 3.63) is 52.0 Å². The average molecular weight is 390 g/mol. The van der Waals surface area contributed by atoms with Gasteiger partial charge in [0.05, 0.1) is 24.6 Å². The molecule has 3 rings (SSSR count). The molecule has 0 bridgehead atoms. The SMILES string of the molecule is Cc1cc(N)c(N2CCOCC2)cc1NC(=O)c1cccc(Br)c1. The topological polar surface area (TPSA) is 67.6 Å². The third kappa shape index (κ3) is 3.71. The number of carbonyl (C=O) groups is 1. The molecule has 1 fully saturated rings. The number of hydrogen-bond donors (Lipinski definition) is 2. The van der Waals surface area contributed by atoms with E-state index in [1.165, 1.54) is 0 Å². The molecule has 1 aliphatic rings.